The summed E-state index contributed by atoms with van der Waals surface area (Å²) >= 11 is 0. The van der Waals surface area contributed by atoms with E-state index >= 15 is 0 Å². The second-order valence-corrected chi connectivity index (χ2v) is 5.54. The number of nitrogens with zero attached hydrogens (tertiary/aromatic N) is 2. The van der Waals surface area contributed by atoms with Crippen molar-refractivity contribution in [1.29, 1.82) is 0 Å². The molecule has 1 aliphatic heterocycles. The van der Waals surface area contributed by atoms with E-state index in [1.807, 2.05) is 7.05 Å². The van der Waals surface area contributed by atoms with Crippen LogP contribution < -0.4 is 10.6 Å². The normalized spacial score (nSPS) is 19.3. The Kier molecular flexibility index (Phi) is 11.5. The second kappa shape index (κ2) is 11.6. The smallest absolute Gasteiger partial charge is 0.191 e. The third-order valence-electron chi connectivity index (χ3n) is 3.71. The van der Waals surface area contributed by atoms with Gasteiger partial charge in [0.25, 0.3) is 0 Å². The van der Waals surface area contributed by atoms with Gasteiger partial charge in [0.15, 0.2) is 5.96 Å². The van der Waals surface area contributed by atoms with Gasteiger partial charge in [-0.1, -0.05) is 0 Å². The Morgan fingerprint density at radius 1 is 1.40 bits per heavy atom. The largest absolute Gasteiger partial charge is 0.383 e. The van der Waals surface area contributed by atoms with E-state index in [0.29, 0.717) is 6.61 Å². The summed E-state index contributed by atoms with van der Waals surface area (Å²) in [5.74, 6) is 1.73. The van der Waals surface area contributed by atoms with Crippen LogP contribution >= 0.6 is 24.0 Å². The third-order valence-corrected chi connectivity index (χ3v) is 3.71. The number of halogens is 1. The van der Waals surface area contributed by atoms with Gasteiger partial charge in [-0.3, -0.25) is 4.99 Å². The van der Waals surface area contributed by atoms with E-state index in [9.17, 15) is 0 Å². The summed E-state index contributed by atoms with van der Waals surface area (Å²) in [4.78, 5) is 6.65. The average molecular weight is 398 g/mol. The Balaban J connectivity index is 0.00000361. The molecule has 0 aromatic heterocycles. The van der Waals surface area contributed by atoms with Crippen LogP contribution in [0.25, 0.3) is 0 Å². The van der Waals surface area contributed by atoms with E-state index in [1.165, 1.54) is 32.4 Å². The predicted molar refractivity (Wildman–Crippen MR) is 96.1 cm³/mol. The van der Waals surface area contributed by atoms with Crippen LogP contribution in [0.5, 0.6) is 0 Å². The monoisotopic (exact) mass is 398 g/mol. The zero-order valence-electron chi connectivity index (χ0n) is 13.3. The van der Waals surface area contributed by atoms with Gasteiger partial charge >= 0.3 is 0 Å². The van der Waals surface area contributed by atoms with Crippen molar-refractivity contribution in [3.05, 3.63) is 0 Å². The molecule has 120 valence electrons. The molecule has 1 unspecified atom stereocenters. The van der Waals surface area contributed by atoms with Crippen LogP contribution in [0.2, 0.25) is 0 Å². The lowest BCUT2D eigenvalue weighted by Crippen LogP contribution is -2.44. The lowest BCUT2D eigenvalue weighted by Gasteiger charge is -2.29. The van der Waals surface area contributed by atoms with Gasteiger partial charge in [-0.15, -0.1) is 24.0 Å². The molecular formula is C14H31IN4O. The van der Waals surface area contributed by atoms with Crippen LogP contribution in [0.15, 0.2) is 4.99 Å². The van der Waals surface area contributed by atoms with Crippen molar-refractivity contribution in [2.75, 3.05) is 47.4 Å². The first-order chi connectivity index (χ1) is 9.15. The summed E-state index contributed by atoms with van der Waals surface area (Å²) in [6, 6.07) is 0.277. The molecule has 0 amide bonds. The highest BCUT2D eigenvalue weighted by atomic mass is 127. The molecule has 1 aliphatic rings. The first kappa shape index (κ1) is 19.9. The third kappa shape index (κ3) is 8.26. The first-order valence-electron chi connectivity index (χ1n) is 7.30. The van der Waals surface area contributed by atoms with Crippen molar-refractivity contribution in [2.24, 2.45) is 10.9 Å². The Labute approximate surface area is 140 Å². The second-order valence-electron chi connectivity index (χ2n) is 5.54. The van der Waals surface area contributed by atoms with Gasteiger partial charge in [0.05, 0.1) is 6.61 Å². The molecule has 1 rings (SSSR count). The van der Waals surface area contributed by atoms with Crippen molar-refractivity contribution in [1.82, 2.24) is 15.5 Å². The van der Waals surface area contributed by atoms with Gasteiger partial charge in [0.2, 0.25) is 0 Å². The highest BCUT2D eigenvalue weighted by molar-refractivity contribution is 14.0. The molecule has 20 heavy (non-hydrogen) atoms. The quantitative estimate of drug-likeness (QED) is 0.405. The van der Waals surface area contributed by atoms with Gasteiger partial charge in [-0.05, 0) is 52.2 Å². The minimum atomic E-state index is 0. The maximum atomic E-state index is 5.11. The molecule has 1 atom stereocenters. The molecule has 0 radical (unpaired) electrons. The van der Waals surface area contributed by atoms with E-state index < -0.39 is 0 Å². The Hall–Kier alpha value is -0.0800. The number of likely N-dealkylation sites (tertiary alicyclic amines) is 1. The van der Waals surface area contributed by atoms with Gasteiger partial charge in [0, 0.05) is 26.7 Å². The molecule has 0 bridgehead atoms. The van der Waals surface area contributed by atoms with Crippen LogP contribution in [-0.4, -0.2) is 64.3 Å². The van der Waals surface area contributed by atoms with Crippen LogP contribution in [0.4, 0.5) is 0 Å². The predicted octanol–water partition coefficient (Wildman–Crippen LogP) is 1.54. The molecular weight excluding hydrogens is 367 g/mol. The lowest BCUT2D eigenvalue weighted by molar-refractivity contribution is 0.179. The van der Waals surface area contributed by atoms with Gasteiger partial charge in [-0.25, -0.2) is 0 Å². The SMILES string of the molecule is CN=C(NCCC1CCN(C)CC1)NC(C)COC.I. The molecule has 0 aromatic carbocycles. The van der Waals surface area contributed by atoms with Crippen molar-refractivity contribution in [2.45, 2.75) is 32.2 Å². The fourth-order valence-corrected chi connectivity index (χ4v) is 2.47. The Bertz CT molecular complexity index is 268. The summed E-state index contributed by atoms with van der Waals surface area (Å²) in [5.41, 5.74) is 0. The number of hydrogen-bond donors (Lipinski definition) is 2. The summed E-state index contributed by atoms with van der Waals surface area (Å²) < 4.78 is 5.11. The molecule has 0 aromatic rings. The fraction of sp³-hybridized carbons (Fsp3) is 0.929. The number of rotatable bonds is 6. The van der Waals surface area contributed by atoms with Gasteiger partial charge < -0.3 is 20.3 Å². The lowest BCUT2D eigenvalue weighted by atomic mass is 9.94. The molecule has 6 heteroatoms. The van der Waals surface area contributed by atoms with Crippen LogP contribution in [0.1, 0.15) is 26.2 Å². The van der Waals surface area contributed by atoms with Crippen LogP contribution in [-0.2, 0) is 4.74 Å². The van der Waals surface area contributed by atoms with E-state index in [4.69, 9.17) is 4.74 Å². The van der Waals surface area contributed by atoms with E-state index in [1.54, 1.807) is 7.11 Å². The van der Waals surface area contributed by atoms with Gasteiger partial charge in [0.1, 0.15) is 0 Å². The maximum Gasteiger partial charge on any atom is 0.191 e. The summed E-state index contributed by atoms with van der Waals surface area (Å²) in [5, 5.41) is 6.70. The minimum absolute atomic E-state index is 0. The van der Waals surface area contributed by atoms with E-state index in [0.717, 1.165) is 18.4 Å². The highest BCUT2D eigenvalue weighted by Gasteiger charge is 2.16. The van der Waals surface area contributed by atoms with Crippen molar-refractivity contribution >= 4 is 29.9 Å². The minimum Gasteiger partial charge on any atom is -0.383 e. The summed E-state index contributed by atoms with van der Waals surface area (Å²) in [7, 11) is 5.73. The summed E-state index contributed by atoms with van der Waals surface area (Å²) in [6.07, 6.45) is 3.88. The molecule has 0 saturated carbocycles. The molecule has 5 nitrogen and oxygen atoms in total. The van der Waals surface area contributed by atoms with Gasteiger partial charge in [-0.2, -0.15) is 0 Å². The molecule has 0 aliphatic carbocycles. The number of hydrogen-bond acceptors (Lipinski definition) is 3. The van der Waals surface area contributed by atoms with Crippen molar-refractivity contribution in [3.63, 3.8) is 0 Å². The molecule has 2 N–H and O–H groups in total. The number of methoxy groups -OCH3 is 1. The Morgan fingerprint density at radius 3 is 2.60 bits per heavy atom. The average Bonchev–Trinajstić information content (AvgIpc) is 2.40. The first-order valence-corrected chi connectivity index (χ1v) is 7.30. The van der Waals surface area contributed by atoms with Crippen molar-refractivity contribution in [3.8, 4) is 0 Å². The molecule has 1 saturated heterocycles. The van der Waals surface area contributed by atoms with Crippen LogP contribution in [0.3, 0.4) is 0 Å². The van der Waals surface area contributed by atoms with E-state index in [2.05, 4.69) is 34.5 Å². The van der Waals surface area contributed by atoms with E-state index in [-0.39, 0.29) is 30.0 Å². The number of aliphatic imine (C=N–C) groups is 1. The standard InChI is InChI=1S/C14H30N4O.HI/c1-12(11-19-4)17-14(15-2)16-8-5-13-6-9-18(3)10-7-13;/h12-13H,5-11H2,1-4H3,(H2,15,16,17);1H. The highest BCUT2D eigenvalue weighted by Crippen LogP contribution is 2.18. The number of guanidine groups is 1. The van der Waals surface area contributed by atoms with Crippen molar-refractivity contribution < 1.29 is 4.74 Å². The zero-order valence-corrected chi connectivity index (χ0v) is 15.6. The molecule has 0 spiro atoms. The maximum absolute atomic E-state index is 5.11. The summed E-state index contributed by atoms with van der Waals surface area (Å²) in [6.45, 7) is 6.25. The fourth-order valence-electron chi connectivity index (χ4n) is 2.47. The molecule has 1 heterocycles. The zero-order chi connectivity index (χ0) is 14.1. The number of nitrogens with one attached hydrogen (secondary N) is 2. The topological polar surface area (TPSA) is 48.9 Å². The number of piperidine rings is 1. The Morgan fingerprint density at radius 2 is 2.05 bits per heavy atom. The molecule has 1 fully saturated rings. The number of ether oxygens (including phenoxy) is 1. The van der Waals surface area contributed by atoms with Crippen LogP contribution in [0, 0.1) is 5.92 Å².